The second-order valence-corrected chi connectivity index (χ2v) is 8.74. The van der Waals surface area contributed by atoms with Gasteiger partial charge in [-0.25, -0.2) is 4.79 Å². The maximum atomic E-state index is 13.0. The van der Waals surface area contributed by atoms with Gasteiger partial charge in [-0.3, -0.25) is 9.00 Å². The van der Waals surface area contributed by atoms with E-state index in [1.807, 2.05) is 30.0 Å². The molecule has 0 radical (unpaired) electrons. The van der Waals surface area contributed by atoms with Crippen molar-refractivity contribution in [3.63, 3.8) is 0 Å². The van der Waals surface area contributed by atoms with Crippen LogP contribution < -0.4 is 0 Å². The van der Waals surface area contributed by atoms with Gasteiger partial charge in [-0.2, -0.15) is 0 Å². The summed E-state index contributed by atoms with van der Waals surface area (Å²) < 4.78 is 12.3. The Hall–Kier alpha value is -2.47. The summed E-state index contributed by atoms with van der Waals surface area (Å²) in [5.74, 6) is -0.134. The molecule has 0 bridgehead atoms. The largest absolute Gasteiger partial charge is 0.478 e. The number of hydrogen-bond acceptors (Lipinski definition) is 3. The van der Waals surface area contributed by atoms with Gasteiger partial charge >= 0.3 is 5.97 Å². The lowest BCUT2D eigenvalue weighted by Crippen LogP contribution is -2.39. The SMILES string of the molecule is CCS(=O)c1ccccc1C(=O)N1CCC(Cc2ccccc2C(=O)O)CC1. The van der Waals surface area contributed by atoms with Gasteiger partial charge in [0.25, 0.3) is 5.91 Å². The zero-order valence-electron chi connectivity index (χ0n) is 16.0. The minimum atomic E-state index is -1.17. The van der Waals surface area contributed by atoms with Crippen molar-refractivity contribution in [2.24, 2.45) is 5.92 Å². The number of aromatic carboxylic acids is 1. The van der Waals surface area contributed by atoms with Gasteiger partial charge in [0.1, 0.15) is 0 Å². The van der Waals surface area contributed by atoms with E-state index < -0.39 is 16.8 Å². The summed E-state index contributed by atoms with van der Waals surface area (Å²) in [6.07, 6.45) is 2.37. The molecule has 1 aliphatic rings. The van der Waals surface area contributed by atoms with E-state index in [0.29, 0.717) is 47.2 Å². The number of likely N-dealkylation sites (tertiary alicyclic amines) is 1. The lowest BCUT2D eigenvalue weighted by molar-refractivity contribution is 0.0687. The highest BCUT2D eigenvalue weighted by Gasteiger charge is 2.26. The predicted octanol–water partition coefficient (Wildman–Crippen LogP) is 3.61. The van der Waals surface area contributed by atoms with Crippen LogP contribution in [-0.4, -0.2) is 44.9 Å². The zero-order valence-corrected chi connectivity index (χ0v) is 16.8. The average molecular weight is 400 g/mol. The summed E-state index contributed by atoms with van der Waals surface area (Å²) in [6.45, 7) is 3.11. The van der Waals surface area contributed by atoms with E-state index in [9.17, 15) is 18.9 Å². The normalized spacial score (nSPS) is 16.0. The fourth-order valence-corrected chi connectivity index (χ4v) is 4.67. The molecule has 5 nitrogen and oxygen atoms in total. The molecule has 1 amide bonds. The lowest BCUT2D eigenvalue weighted by Gasteiger charge is -2.32. The molecular formula is C22H25NO4S. The maximum Gasteiger partial charge on any atom is 0.335 e. The highest BCUT2D eigenvalue weighted by atomic mass is 32.2. The highest BCUT2D eigenvalue weighted by molar-refractivity contribution is 7.85. The van der Waals surface area contributed by atoms with Crippen LogP contribution in [0.5, 0.6) is 0 Å². The van der Waals surface area contributed by atoms with Crippen LogP contribution in [0.2, 0.25) is 0 Å². The summed E-state index contributed by atoms with van der Waals surface area (Å²) in [4.78, 5) is 26.8. The van der Waals surface area contributed by atoms with Gasteiger partial charge in [-0.15, -0.1) is 0 Å². The molecule has 2 aromatic carbocycles. The number of hydrogen-bond donors (Lipinski definition) is 1. The summed E-state index contributed by atoms with van der Waals surface area (Å²) in [7, 11) is -1.17. The van der Waals surface area contributed by atoms with Crippen molar-refractivity contribution in [2.45, 2.75) is 31.1 Å². The zero-order chi connectivity index (χ0) is 20.1. The van der Waals surface area contributed by atoms with Crippen LogP contribution in [0.4, 0.5) is 0 Å². The lowest BCUT2D eigenvalue weighted by atomic mass is 9.88. The molecule has 2 aromatic rings. The predicted molar refractivity (Wildman–Crippen MR) is 109 cm³/mol. The number of benzene rings is 2. The molecule has 0 aliphatic carbocycles. The van der Waals surface area contributed by atoms with Crippen molar-refractivity contribution < 1.29 is 18.9 Å². The van der Waals surface area contributed by atoms with Crippen molar-refractivity contribution in [1.29, 1.82) is 0 Å². The van der Waals surface area contributed by atoms with Gasteiger partial charge < -0.3 is 10.0 Å². The fraction of sp³-hybridized carbons (Fsp3) is 0.364. The molecule has 1 saturated heterocycles. The van der Waals surface area contributed by atoms with E-state index in [-0.39, 0.29) is 5.91 Å². The Morgan fingerprint density at radius 2 is 1.64 bits per heavy atom. The number of nitrogens with zero attached hydrogens (tertiary/aromatic N) is 1. The van der Waals surface area contributed by atoms with Crippen molar-refractivity contribution in [3.05, 3.63) is 65.2 Å². The van der Waals surface area contributed by atoms with Crippen LogP contribution in [-0.2, 0) is 17.2 Å². The van der Waals surface area contributed by atoms with E-state index >= 15 is 0 Å². The third kappa shape index (κ3) is 4.50. The number of carboxylic acid groups (broad SMARTS) is 1. The van der Waals surface area contributed by atoms with Gasteiger partial charge in [0.05, 0.1) is 26.8 Å². The van der Waals surface area contributed by atoms with Crippen molar-refractivity contribution in [1.82, 2.24) is 4.90 Å². The Kier molecular flexibility index (Phi) is 6.62. The molecule has 1 unspecified atom stereocenters. The minimum absolute atomic E-state index is 0.0678. The molecule has 148 valence electrons. The molecule has 0 saturated carbocycles. The first kappa shape index (κ1) is 20.3. The van der Waals surface area contributed by atoms with Crippen molar-refractivity contribution in [2.75, 3.05) is 18.8 Å². The van der Waals surface area contributed by atoms with Crippen molar-refractivity contribution in [3.8, 4) is 0 Å². The molecule has 1 N–H and O–H groups in total. The highest BCUT2D eigenvalue weighted by Crippen LogP contribution is 2.25. The molecule has 3 rings (SSSR count). The van der Waals surface area contributed by atoms with Crippen LogP contribution in [0.25, 0.3) is 0 Å². The van der Waals surface area contributed by atoms with Crippen LogP contribution in [0.1, 0.15) is 46.0 Å². The van der Waals surface area contributed by atoms with E-state index in [2.05, 4.69) is 0 Å². The van der Waals surface area contributed by atoms with E-state index in [4.69, 9.17) is 0 Å². The standard InChI is InChI=1S/C22H25NO4S/c1-2-28(27)20-10-6-5-9-19(20)21(24)23-13-11-16(12-14-23)15-17-7-3-4-8-18(17)22(25)26/h3-10,16H,2,11-15H2,1H3,(H,25,26). The van der Waals surface area contributed by atoms with Crippen molar-refractivity contribution >= 4 is 22.7 Å². The van der Waals surface area contributed by atoms with E-state index in [0.717, 1.165) is 18.4 Å². The molecule has 0 aromatic heterocycles. The summed E-state index contributed by atoms with van der Waals surface area (Å²) in [5.41, 5.74) is 1.73. The fourth-order valence-electron chi connectivity index (χ4n) is 3.73. The van der Waals surface area contributed by atoms with Crippen LogP contribution in [0.3, 0.4) is 0 Å². The quantitative estimate of drug-likeness (QED) is 0.805. The van der Waals surface area contributed by atoms with E-state index in [1.165, 1.54) is 0 Å². The first-order chi connectivity index (χ1) is 13.5. The summed E-state index contributed by atoms with van der Waals surface area (Å²) in [6, 6.07) is 14.3. The van der Waals surface area contributed by atoms with Gasteiger partial charge in [-0.05, 0) is 48.9 Å². The van der Waals surface area contributed by atoms with Gasteiger partial charge in [0.15, 0.2) is 0 Å². The Balaban J connectivity index is 1.66. The molecule has 1 atom stereocenters. The smallest absolute Gasteiger partial charge is 0.335 e. The summed E-state index contributed by atoms with van der Waals surface area (Å²) >= 11 is 0. The van der Waals surface area contributed by atoms with Crippen LogP contribution in [0.15, 0.2) is 53.4 Å². The third-order valence-electron chi connectivity index (χ3n) is 5.28. The maximum absolute atomic E-state index is 13.0. The topological polar surface area (TPSA) is 74.7 Å². The second-order valence-electron chi connectivity index (χ2n) is 7.03. The first-order valence-corrected chi connectivity index (χ1v) is 10.9. The van der Waals surface area contributed by atoms with Gasteiger partial charge in [0, 0.05) is 18.8 Å². The number of carbonyl (C=O) groups excluding carboxylic acids is 1. The summed E-state index contributed by atoms with van der Waals surface area (Å²) in [5, 5.41) is 9.35. The van der Waals surface area contributed by atoms with Crippen LogP contribution in [0, 0.1) is 5.92 Å². The molecule has 0 spiro atoms. The third-order valence-corrected chi connectivity index (χ3v) is 6.65. The van der Waals surface area contributed by atoms with Gasteiger partial charge in [-0.1, -0.05) is 37.3 Å². The number of amides is 1. The Morgan fingerprint density at radius 3 is 2.29 bits per heavy atom. The molecule has 1 aliphatic heterocycles. The van der Waals surface area contributed by atoms with E-state index in [1.54, 1.807) is 30.3 Å². The molecule has 6 heteroatoms. The second kappa shape index (κ2) is 9.15. The number of rotatable bonds is 6. The number of piperidine rings is 1. The minimum Gasteiger partial charge on any atom is -0.478 e. The van der Waals surface area contributed by atoms with Gasteiger partial charge in [0.2, 0.25) is 0 Å². The Labute approximate surface area is 167 Å². The average Bonchev–Trinajstić information content (AvgIpc) is 2.73. The molecule has 1 fully saturated rings. The molecular weight excluding hydrogens is 374 g/mol. The number of carbonyl (C=O) groups is 2. The Bertz CT molecular complexity index is 888. The Morgan fingerprint density at radius 1 is 1.04 bits per heavy atom. The first-order valence-electron chi connectivity index (χ1n) is 9.59. The molecule has 28 heavy (non-hydrogen) atoms. The van der Waals surface area contributed by atoms with Crippen LogP contribution >= 0.6 is 0 Å². The monoisotopic (exact) mass is 399 g/mol. The number of carboxylic acids is 1. The molecule has 1 heterocycles.